The average molecular weight is 533 g/mol. The summed E-state index contributed by atoms with van der Waals surface area (Å²) in [5.41, 5.74) is 12.2. The molecule has 0 saturated heterocycles. The van der Waals surface area contributed by atoms with Gasteiger partial charge in [0.25, 0.3) is 0 Å². The maximum atomic E-state index is 11.0. The lowest BCUT2D eigenvalue weighted by Crippen LogP contribution is -2.30. The SMILES string of the molecule is CCc1cc2c(c(CC3CC(n4cc(I)c5c(N)ncnc54)[C@H](O)[C@@H]3O)c1)CNCC2. The van der Waals surface area contributed by atoms with Crippen molar-refractivity contribution in [1.29, 1.82) is 0 Å². The molecule has 3 heterocycles. The molecule has 8 heteroatoms. The summed E-state index contributed by atoms with van der Waals surface area (Å²) < 4.78 is 2.93. The highest BCUT2D eigenvalue weighted by atomic mass is 127. The minimum Gasteiger partial charge on any atom is -0.390 e. The summed E-state index contributed by atoms with van der Waals surface area (Å²) in [7, 11) is 0. The molecule has 4 atom stereocenters. The fourth-order valence-electron chi connectivity index (χ4n) is 5.32. The van der Waals surface area contributed by atoms with E-state index in [0.29, 0.717) is 17.9 Å². The number of nitrogens with one attached hydrogen (secondary N) is 1. The molecule has 1 aliphatic carbocycles. The number of aryl methyl sites for hydroxylation is 1. The molecule has 0 amide bonds. The molecule has 0 spiro atoms. The number of benzene rings is 1. The third-order valence-corrected chi connectivity index (χ3v) is 7.80. The van der Waals surface area contributed by atoms with Gasteiger partial charge in [0, 0.05) is 16.3 Å². The van der Waals surface area contributed by atoms with Crippen molar-refractivity contribution in [2.24, 2.45) is 5.92 Å². The van der Waals surface area contributed by atoms with Crippen molar-refractivity contribution in [2.45, 2.75) is 57.4 Å². The van der Waals surface area contributed by atoms with Crippen molar-refractivity contribution in [1.82, 2.24) is 19.9 Å². The largest absolute Gasteiger partial charge is 0.390 e. The number of rotatable bonds is 4. The quantitative estimate of drug-likeness (QED) is 0.384. The predicted molar refractivity (Wildman–Crippen MR) is 129 cm³/mol. The molecule has 2 unspecified atom stereocenters. The van der Waals surface area contributed by atoms with Crippen LogP contribution in [0.4, 0.5) is 5.82 Å². The Balaban J connectivity index is 1.47. The average Bonchev–Trinajstić information content (AvgIpc) is 3.25. The molecule has 1 fully saturated rings. The monoisotopic (exact) mass is 533 g/mol. The molecule has 164 valence electrons. The maximum Gasteiger partial charge on any atom is 0.146 e. The topological polar surface area (TPSA) is 109 Å². The van der Waals surface area contributed by atoms with Gasteiger partial charge in [-0.3, -0.25) is 0 Å². The van der Waals surface area contributed by atoms with Gasteiger partial charge in [-0.05, 0) is 83.0 Å². The minimum atomic E-state index is -0.851. The van der Waals surface area contributed by atoms with E-state index in [1.807, 2.05) is 10.8 Å². The number of nitrogens with two attached hydrogens (primary N) is 1. The van der Waals surface area contributed by atoms with E-state index in [2.05, 4.69) is 56.9 Å². The van der Waals surface area contributed by atoms with Crippen LogP contribution in [0.3, 0.4) is 0 Å². The first-order chi connectivity index (χ1) is 15.0. The second-order valence-corrected chi connectivity index (χ2v) is 9.93. The van der Waals surface area contributed by atoms with Crippen molar-refractivity contribution in [2.75, 3.05) is 12.3 Å². The van der Waals surface area contributed by atoms with Crippen LogP contribution in [-0.2, 0) is 25.8 Å². The van der Waals surface area contributed by atoms with E-state index in [9.17, 15) is 10.2 Å². The normalized spacial score (nSPS) is 25.8. The predicted octanol–water partition coefficient (Wildman–Crippen LogP) is 2.35. The van der Waals surface area contributed by atoms with Gasteiger partial charge in [0.05, 0.1) is 17.5 Å². The van der Waals surface area contributed by atoms with E-state index in [-0.39, 0.29) is 12.0 Å². The van der Waals surface area contributed by atoms with Gasteiger partial charge in [-0.1, -0.05) is 19.1 Å². The lowest BCUT2D eigenvalue weighted by atomic mass is 9.86. The Morgan fingerprint density at radius 2 is 2.10 bits per heavy atom. The summed E-state index contributed by atoms with van der Waals surface area (Å²) in [6.07, 6.45) is 5.28. The molecule has 1 aromatic carbocycles. The zero-order valence-corrected chi connectivity index (χ0v) is 19.7. The van der Waals surface area contributed by atoms with Gasteiger partial charge < -0.3 is 25.8 Å². The van der Waals surface area contributed by atoms with Crippen LogP contribution in [0.5, 0.6) is 0 Å². The molecular weight excluding hydrogens is 505 g/mol. The lowest BCUT2D eigenvalue weighted by Gasteiger charge is -2.24. The van der Waals surface area contributed by atoms with Gasteiger partial charge in [0.1, 0.15) is 23.9 Å². The van der Waals surface area contributed by atoms with Crippen LogP contribution in [-0.4, -0.2) is 43.5 Å². The molecule has 1 aliphatic heterocycles. The van der Waals surface area contributed by atoms with Gasteiger partial charge in [0.15, 0.2) is 0 Å². The molecule has 5 rings (SSSR count). The highest BCUT2D eigenvalue weighted by Crippen LogP contribution is 2.41. The summed E-state index contributed by atoms with van der Waals surface area (Å²) >= 11 is 2.23. The zero-order chi connectivity index (χ0) is 21.7. The summed E-state index contributed by atoms with van der Waals surface area (Å²) in [6.45, 7) is 4.07. The second kappa shape index (κ2) is 8.31. The van der Waals surface area contributed by atoms with Crippen LogP contribution >= 0.6 is 22.6 Å². The summed E-state index contributed by atoms with van der Waals surface area (Å²) in [6, 6.07) is 4.38. The van der Waals surface area contributed by atoms with Crippen LogP contribution in [0.2, 0.25) is 0 Å². The molecule has 7 nitrogen and oxygen atoms in total. The Morgan fingerprint density at radius 3 is 2.90 bits per heavy atom. The zero-order valence-electron chi connectivity index (χ0n) is 17.6. The highest BCUT2D eigenvalue weighted by Gasteiger charge is 2.43. The standard InChI is InChI=1S/C23H28IN5O2/c1-2-12-5-13-3-4-26-9-16(13)14(6-12)7-15-8-18(21(31)20(15)30)29-10-17(24)19-22(25)27-11-28-23(19)29/h5-6,10-11,15,18,20-21,26,30-31H,2-4,7-9H2,1H3,(H2,25,27,28)/t15?,18?,20-,21+/m1/s1. The van der Waals surface area contributed by atoms with Crippen LogP contribution in [0.1, 0.15) is 41.6 Å². The highest BCUT2D eigenvalue weighted by molar-refractivity contribution is 14.1. The number of aromatic nitrogens is 3. The Labute approximate surface area is 195 Å². The van der Waals surface area contributed by atoms with Crippen molar-refractivity contribution in [3.63, 3.8) is 0 Å². The summed E-state index contributed by atoms with van der Waals surface area (Å²) in [5.74, 6) is 0.417. The van der Waals surface area contributed by atoms with E-state index in [1.165, 1.54) is 28.6 Å². The van der Waals surface area contributed by atoms with Gasteiger partial charge in [-0.2, -0.15) is 0 Å². The van der Waals surface area contributed by atoms with Gasteiger partial charge in [0.2, 0.25) is 0 Å². The van der Waals surface area contributed by atoms with Crippen LogP contribution in [0.15, 0.2) is 24.7 Å². The molecule has 5 N–H and O–H groups in total. The van der Waals surface area contributed by atoms with E-state index < -0.39 is 12.2 Å². The van der Waals surface area contributed by atoms with Gasteiger partial charge in [-0.15, -0.1) is 0 Å². The molecule has 31 heavy (non-hydrogen) atoms. The number of aliphatic hydroxyl groups is 2. The number of halogens is 1. The number of fused-ring (bicyclic) bond motifs is 2. The first kappa shape index (κ1) is 21.1. The summed E-state index contributed by atoms with van der Waals surface area (Å²) in [5, 5.41) is 26.2. The van der Waals surface area contributed by atoms with E-state index in [1.54, 1.807) is 0 Å². The van der Waals surface area contributed by atoms with Gasteiger partial charge in [-0.25, -0.2) is 9.97 Å². The van der Waals surface area contributed by atoms with Crippen LogP contribution < -0.4 is 11.1 Å². The van der Waals surface area contributed by atoms with E-state index in [4.69, 9.17) is 5.73 Å². The van der Waals surface area contributed by atoms with Crippen molar-refractivity contribution >= 4 is 39.4 Å². The number of anilines is 1. The Hall–Kier alpha value is -1.75. The fraction of sp³-hybridized carbons (Fsp3) is 0.478. The number of aliphatic hydroxyl groups excluding tert-OH is 2. The van der Waals surface area contributed by atoms with Crippen molar-refractivity contribution in [3.8, 4) is 0 Å². The Kier molecular flexibility index (Phi) is 5.66. The Bertz CT molecular complexity index is 1130. The molecule has 3 aromatic rings. The van der Waals surface area contributed by atoms with E-state index in [0.717, 1.165) is 41.3 Å². The van der Waals surface area contributed by atoms with Crippen LogP contribution in [0, 0.1) is 9.49 Å². The number of hydrogen-bond acceptors (Lipinski definition) is 6. The fourth-order valence-corrected chi connectivity index (χ4v) is 6.14. The smallest absolute Gasteiger partial charge is 0.146 e. The third kappa shape index (κ3) is 3.63. The van der Waals surface area contributed by atoms with Crippen molar-refractivity contribution in [3.05, 3.63) is 50.5 Å². The maximum absolute atomic E-state index is 11.0. The van der Waals surface area contributed by atoms with Crippen molar-refractivity contribution < 1.29 is 10.2 Å². The number of hydrogen-bond donors (Lipinski definition) is 4. The molecular formula is C23H28IN5O2. The molecule has 1 saturated carbocycles. The second-order valence-electron chi connectivity index (χ2n) is 8.76. The molecule has 2 aliphatic rings. The first-order valence-electron chi connectivity index (χ1n) is 10.9. The van der Waals surface area contributed by atoms with E-state index >= 15 is 0 Å². The summed E-state index contributed by atoms with van der Waals surface area (Å²) in [4.78, 5) is 8.52. The van der Waals surface area contributed by atoms with Crippen LogP contribution in [0.25, 0.3) is 11.0 Å². The molecule has 0 radical (unpaired) electrons. The number of nitrogens with zero attached hydrogens (tertiary/aromatic N) is 3. The Morgan fingerprint density at radius 1 is 1.26 bits per heavy atom. The lowest BCUT2D eigenvalue weighted by molar-refractivity contribution is 0.00678. The molecule has 2 aromatic heterocycles. The first-order valence-corrected chi connectivity index (χ1v) is 12.0. The molecule has 0 bridgehead atoms. The van der Waals surface area contributed by atoms with Gasteiger partial charge >= 0.3 is 0 Å². The minimum absolute atomic E-state index is 0.0209. The number of nitrogen functional groups attached to an aromatic ring is 1. The third-order valence-electron chi connectivity index (χ3n) is 6.98.